The van der Waals surface area contributed by atoms with E-state index in [9.17, 15) is 9.59 Å². The van der Waals surface area contributed by atoms with Crippen molar-refractivity contribution in [1.82, 2.24) is 0 Å². The molecule has 1 aromatic carbocycles. The highest BCUT2D eigenvalue weighted by atomic mass is 79.9. The number of thiophene rings is 1. The van der Waals surface area contributed by atoms with Crippen LogP contribution in [0.25, 0.3) is 0 Å². The van der Waals surface area contributed by atoms with E-state index in [0.29, 0.717) is 22.9 Å². The predicted octanol–water partition coefficient (Wildman–Crippen LogP) is 3.88. The van der Waals surface area contributed by atoms with Crippen LogP contribution in [0, 0.1) is 0 Å². The molecule has 1 saturated heterocycles. The summed E-state index contributed by atoms with van der Waals surface area (Å²) in [5, 5.41) is 5.64. The third-order valence-corrected chi connectivity index (χ3v) is 5.05. The number of ether oxygens (including phenoxy) is 1. The smallest absolute Gasteiger partial charge is 0.265 e. The van der Waals surface area contributed by atoms with E-state index in [1.54, 1.807) is 30.3 Å². The van der Waals surface area contributed by atoms with E-state index in [1.807, 2.05) is 6.07 Å². The fourth-order valence-corrected chi connectivity index (χ4v) is 3.55. The Bertz CT molecular complexity index is 708. The first-order valence-electron chi connectivity index (χ1n) is 7.21. The highest BCUT2D eigenvalue weighted by Crippen LogP contribution is 2.23. The van der Waals surface area contributed by atoms with Gasteiger partial charge in [-0.15, -0.1) is 11.3 Å². The van der Waals surface area contributed by atoms with Gasteiger partial charge in [-0.05, 0) is 65.2 Å². The predicted molar refractivity (Wildman–Crippen MR) is 94.0 cm³/mol. The Kier molecular flexibility index (Phi) is 5.09. The Labute approximate surface area is 146 Å². The maximum atomic E-state index is 12.1. The first-order chi connectivity index (χ1) is 11.1. The number of amides is 2. The van der Waals surface area contributed by atoms with Crippen molar-refractivity contribution in [3.05, 3.63) is 45.1 Å². The van der Waals surface area contributed by atoms with E-state index < -0.39 is 0 Å². The van der Waals surface area contributed by atoms with Gasteiger partial charge in [0.1, 0.15) is 6.10 Å². The monoisotopic (exact) mass is 394 g/mol. The lowest BCUT2D eigenvalue weighted by molar-refractivity contribution is -0.124. The van der Waals surface area contributed by atoms with Crippen LogP contribution in [0.15, 0.2) is 40.2 Å². The Balaban J connectivity index is 1.58. The molecule has 0 saturated carbocycles. The molecule has 0 radical (unpaired) electrons. The molecule has 0 spiro atoms. The lowest BCUT2D eigenvalue weighted by atomic mass is 10.2. The van der Waals surface area contributed by atoms with Gasteiger partial charge in [0.15, 0.2) is 0 Å². The summed E-state index contributed by atoms with van der Waals surface area (Å²) in [7, 11) is 0. The first kappa shape index (κ1) is 16.2. The molecular weight excluding hydrogens is 380 g/mol. The second-order valence-corrected chi connectivity index (χ2v) is 7.59. The van der Waals surface area contributed by atoms with Gasteiger partial charge in [0.25, 0.3) is 11.8 Å². The minimum absolute atomic E-state index is 0.122. The standard InChI is InChI=1S/C16H15BrN2O3S/c17-14-8-7-13(23-14)16(21)19-11-5-3-10(4-6-11)18-15(20)12-2-1-9-22-12/h3-8,12H,1-2,9H2,(H,18,20)(H,19,21). The van der Waals surface area contributed by atoms with Gasteiger partial charge in [0.2, 0.25) is 0 Å². The van der Waals surface area contributed by atoms with Crippen molar-refractivity contribution in [2.24, 2.45) is 0 Å². The van der Waals surface area contributed by atoms with Crippen LogP contribution < -0.4 is 10.6 Å². The molecule has 7 heteroatoms. The van der Waals surface area contributed by atoms with Crippen molar-refractivity contribution in [1.29, 1.82) is 0 Å². The Hall–Kier alpha value is -1.70. The highest BCUT2D eigenvalue weighted by molar-refractivity contribution is 9.11. The first-order valence-corrected chi connectivity index (χ1v) is 8.82. The van der Waals surface area contributed by atoms with E-state index in [-0.39, 0.29) is 17.9 Å². The number of rotatable bonds is 4. The average Bonchev–Trinajstić information content (AvgIpc) is 3.20. The van der Waals surface area contributed by atoms with Crippen LogP contribution in [-0.4, -0.2) is 24.5 Å². The topological polar surface area (TPSA) is 67.4 Å². The number of halogens is 1. The Morgan fingerprint density at radius 3 is 2.35 bits per heavy atom. The molecule has 0 bridgehead atoms. The quantitative estimate of drug-likeness (QED) is 0.826. The van der Waals surface area contributed by atoms with Crippen molar-refractivity contribution in [3.63, 3.8) is 0 Å². The number of carbonyl (C=O) groups excluding carboxylic acids is 2. The summed E-state index contributed by atoms with van der Waals surface area (Å²) in [6.07, 6.45) is 1.32. The van der Waals surface area contributed by atoms with Crippen LogP contribution >= 0.6 is 27.3 Å². The summed E-state index contributed by atoms with van der Waals surface area (Å²) in [6.45, 7) is 0.641. The summed E-state index contributed by atoms with van der Waals surface area (Å²) in [5.74, 6) is -0.278. The maximum absolute atomic E-state index is 12.1. The minimum atomic E-state index is -0.355. The van der Waals surface area contributed by atoms with Gasteiger partial charge in [-0.25, -0.2) is 0 Å². The molecule has 1 aromatic heterocycles. The molecule has 1 unspecified atom stereocenters. The summed E-state index contributed by atoms with van der Waals surface area (Å²) in [5.41, 5.74) is 1.36. The molecule has 23 heavy (non-hydrogen) atoms. The number of nitrogens with one attached hydrogen (secondary N) is 2. The molecule has 2 amide bonds. The summed E-state index contributed by atoms with van der Waals surface area (Å²) in [4.78, 5) is 24.6. The van der Waals surface area contributed by atoms with Gasteiger partial charge in [-0.2, -0.15) is 0 Å². The molecule has 120 valence electrons. The number of carbonyl (C=O) groups is 2. The zero-order chi connectivity index (χ0) is 16.2. The van der Waals surface area contributed by atoms with E-state index in [1.165, 1.54) is 11.3 Å². The lowest BCUT2D eigenvalue weighted by Crippen LogP contribution is -2.26. The van der Waals surface area contributed by atoms with Crippen LogP contribution in [0.2, 0.25) is 0 Å². The summed E-state index contributed by atoms with van der Waals surface area (Å²) in [6, 6.07) is 10.6. The third kappa shape index (κ3) is 4.19. The average molecular weight is 395 g/mol. The SMILES string of the molecule is O=C(Nc1ccc(NC(=O)C2CCCO2)cc1)c1ccc(Br)s1. The summed E-state index contributed by atoms with van der Waals surface area (Å²) < 4.78 is 6.25. The zero-order valence-corrected chi connectivity index (χ0v) is 14.6. The fourth-order valence-electron chi connectivity index (χ4n) is 2.27. The molecule has 1 atom stereocenters. The van der Waals surface area contributed by atoms with Crippen LogP contribution in [0.1, 0.15) is 22.5 Å². The largest absolute Gasteiger partial charge is 0.368 e. The normalized spacial score (nSPS) is 17.0. The number of hydrogen-bond donors (Lipinski definition) is 2. The molecule has 2 N–H and O–H groups in total. The van der Waals surface area contributed by atoms with Crippen LogP contribution in [0.3, 0.4) is 0 Å². The molecule has 3 rings (SSSR count). The second-order valence-electron chi connectivity index (χ2n) is 5.13. The van der Waals surface area contributed by atoms with E-state index in [2.05, 4.69) is 26.6 Å². The lowest BCUT2D eigenvalue weighted by Gasteiger charge is -2.11. The molecule has 1 aliphatic rings. The molecule has 0 aliphatic carbocycles. The van der Waals surface area contributed by atoms with E-state index in [4.69, 9.17) is 4.74 Å². The minimum Gasteiger partial charge on any atom is -0.368 e. The number of hydrogen-bond acceptors (Lipinski definition) is 4. The van der Waals surface area contributed by atoms with Gasteiger partial charge in [-0.1, -0.05) is 0 Å². The van der Waals surface area contributed by atoms with Crippen LogP contribution in [0.5, 0.6) is 0 Å². The van der Waals surface area contributed by atoms with E-state index in [0.717, 1.165) is 16.6 Å². The number of anilines is 2. The van der Waals surface area contributed by atoms with Gasteiger partial charge in [-0.3, -0.25) is 9.59 Å². The summed E-state index contributed by atoms with van der Waals surface area (Å²) >= 11 is 4.71. The molecule has 2 aromatic rings. The van der Waals surface area contributed by atoms with Crippen molar-refractivity contribution in [2.45, 2.75) is 18.9 Å². The molecule has 2 heterocycles. The van der Waals surface area contributed by atoms with Crippen LogP contribution in [-0.2, 0) is 9.53 Å². The van der Waals surface area contributed by atoms with Crippen molar-refractivity contribution >= 4 is 50.5 Å². The highest BCUT2D eigenvalue weighted by Gasteiger charge is 2.23. The Morgan fingerprint density at radius 2 is 1.78 bits per heavy atom. The second kappa shape index (κ2) is 7.25. The van der Waals surface area contributed by atoms with Crippen molar-refractivity contribution < 1.29 is 14.3 Å². The molecule has 5 nitrogen and oxygen atoms in total. The maximum Gasteiger partial charge on any atom is 0.265 e. The third-order valence-electron chi connectivity index (χ3n) is 3.43. The fraction of sp³-hybridized carbons (Fsp3) is 0.250. The van der Waals surface area contributed by atoms with Crippen molar-refractivity contribution in [3.8, 4) is 0 Å². The van der Waals surface area contributed by atoms with Crippen LogP contribution in [0.4, 0.5) is 11.4 Å². The van der Waals surface area contributed by atoms with Gasteiger partial charge < -0.3 is 15.4 Å². The van der Waals surface area contributed by atoms with Gasteiger partial charge in [0.05, 0.1) is 8.66 Å². The Morgan fingerprint density at radius 1 is 1.09 bits per heavy atom. The van der Waals surface area contributed by atoms with Gasteiger partial charge in [0, 0.05) is 18.0 Å². The molecule has 1 fully saturated rings. The molecule has 1 aliphatic heterocycles. The number of benzene rings is 1. The van der Waals surface area contributed by atoms with E-state index >= 15 is 0 Å². The zero-order valence-electron chi connectivity index (χ0n) is 12.2. The molecular formula is C16H15BrN2O3S. The van der Waals surface area contributed by atoms with Crippen molar-refractivity contribution in [2.75, 3.05) is 17.2 Å². The van der Waals surface area contributed by atoms with Gasteiger partial charge >= 0.3 is 0 Å².